The predicted molar refractivity (Wildman–Crippen MR) is 76.5 cm³/mol. The van der Waals surface area contributed by atoms with Crippen LogP contribution in [0.25, 0.3) is 0 Å². The third kappa shape index (κ3) is 2.78. The molecule has 20 heavy (non-hydrogen) atoms. The standard InChI is InChI=1S/C16H24N2O2/c1-11-12(6-16(19-11)7-17-13-2-3-13)8-18-9-14-4-5-15(10-18)20-14/h6,13-15,17H,2-5,7-10H2,1H3. The van der Waals surface area contributed by atoms with Gasteiger partial charge in [-0.15, -0.1) is 0 Å². The van der Waals surface area contributed by atoms with Crippen molar-refractivity contribution in [1.29, 1.82) is 0 Å². The first-order valence-electron chi connectivity index (χ1n) is 7.95. The number of ether oxygens (including phenoxy) is 1. The van der Waals surface area contributed by atoms with Crippen LogP contribution in [0.3, 0.4) is 0 Å². The molecule has 2 bridgehead atoms. The average Bonchev–Trinajstić information content (AvgIpc) is 3.12. The quantitative estimate of drug-likeness (QED) is 0.894. The van der Waals surface area contributed by atoms with Gasteiger partial charge in [-0.05, 0) is 38.7 Å². The smallest absolute Gasteiger partial charge is 0.118 e. The Morgan fingerprint density at radius 2 is 1.95 bits per heavy atom. The molecule has 2 saturated heterocycles. The van der Waals surface area contributed by atoms with Gasteiger partial charge in [0.25, 0.3) is 0 Å². The van der Waals surface area contributed by atoms with Crippen LogP contribution in [-0.2, 0) is 17.8 Å². The molecule has 4 nitrogen and oxygen atoms in total. The summed E-state index contributed by atoms with van der Waals surface area (Å²) >= 11 is 0. The Bertz CT molecular complexity index is 469. The molecule has 2 aliphatic heterocycles. The highest BCUT2D eigenvalue weighted by molar-refractivity contribution is 5.21. The van der Waals surface area contributed by atoms with Gasteiger partial charge in [0.05, 0.1) is 18.8 Å². The lowest BCUT2D eigenvalue weighted by molar-refractivity contribution is -0.0411. The van der Waals surface area contributed by atoms with Crippen LogP contribution in [-0.4, -0.2) is 36.2 Å². The molecule has 0 spiro atoms. The number of fused-ring (bicyclic) bond motifs is 2. The molecule has 4 rings (SSSR count). The van der Waals surface area contributed by atoms with Crippen molar-refractivity contribution in [2.45, 2.75) is 63.9 Å². The highest BCUT2D eigenvalue weighted by atomic mass is 16.5. The Kier molecular flexibility index (Phi) is 3.33. The van der Waals surface area contributed by atoms with Crippen molar-refractivity contribution in [1.82, 2.24) is 10.2 Å². The van der Waals surface area contributed by atoms with Crippen molar-refractivity contribution in [3.63, 3.8) is 0 Å². The van der Waals surface area contributed by atoms with E-state index >= 15 is 0 Å². The average molecular weight is 276 g/mol. The van der Waals surface area contributed by atoms with E-state index in [1.807, 2.05) is 0 Å². The number of hydrogen-bond acceptors (Lipinski definition) is 4. The number of likely N-dealkylation sites (tertiary alicyclic amines) is 1. The van der Waals surface area contributed by atoms with Gasteiger partial charge in [0.15, 0.2) is 0 Å². The third-order valence-corrected chi connectivity index (χ3v) is 4.73. The first-order valence-corrected chi connectivity index (χ1v) is 7.95. The summed E-state index contributed by atoms with van der Waals surface area (Å²) in [5.41, 5.74) is 1.35. The summed E-state index contributed by atoms with van der Waals surface area (Å²) in [7, 11) is 0. The number of furan rings is 1. The monoisotopic (exact) mass is 276 g/mol. The van der Waals surface area contributed by atoms with E-state index in [-0.39, 0.29) is 0 Å². The van der Waals surface area contributed by atoms with Crippen LogP contribution in [0.5, 0.6) is 0 Å². The maximum Gasteiger partial charge on any atom is 0.118 e. The zero-order valence-corrected chi connectivity index (χ0v) is 12.2. The van der Waals surface area contributed by atoms with E-state index in [0.29, 0.717) is 12.2 Å². The molecule has 0 aromatic carbocycles. The number of rotatable bonds is 5. The fourth-order valence-corrected chi connectivity index (χ4v) is 3.43. The van der Waals surface area contributed by atoms with Crippen LogP contribution in [0.4, 0.5) is 0 Å². The van der Waals surface area contributed by atoms with E-state index in [1.165, 1.54) is 31.2 Å². The van der Waals surface area contributed by atoms with Gasteiger partial charge in [0.1, 0.15) is 11.5 Å². The highest BCUT2D eigenvalue weighted by Crippen LogP contribution is 2.28. The van der Waals surface area contributed by atoms with Crippen LogP contribution in [0.1, 0.15) is 42.8 Å². The normalized spacial score (nSPS) is 30.1. The van der Waals surface area contributed by atoms with E-state index in [9.17, 15) is 0 Å². The molecule has 0 radical (unpaired) electrons. The van der Waals surface area contributed by atoms with Gasteiger partial charge >= 0.3 is 0 Å². The predicted octanol–water partition coefficient (Wildman–Crippen LogP) is 2.20. The number of nitrogens with one attached hydrogen (secondary N) is 1. The highest BCUT2D eigenvalue weighted by Gasteiger charge is 2.33. The summed E-state index contributed by atoms with van der Waals surface area (Å²) in [6, 6.07) is 2.97. The molecule has 3 fully saturated rings. The topological polar surface area (TPSA) is 37.6 Å². The molecule has 1 N–H and O–H groups in total. The molecular formula is C16H24N2O2. The minimum absolute atomic E-state index is 0.469. The van der Waals surface area contributed by atoms with Gasteiger partial charge in [-0.3, -0.25) is 4.90 Å². The van der Waals surface area contributed by atoms with Crippen molar-refractivity contribution in [3.05, 3.63) is 23.2 Å². The Morgan fingerprint density at radius 3 is 2.65 bits per heavy atom. The molecule has 2 atom stereocenters. The summed E-state index contributed by atoms with van der Waals surface area (Å²) in [5.74, 6) is 2.16. The molecule has 1 saturated carbocycles. The lowest BCUT2D eigenvalue weighted by Gasteiger charge is -2.31. The largest absolute Gasteiger partial charge is 0.465 e. The number of morpholine rings is 1. The second kappa shape index (κ2) is 5.17. The Balaban J connectivity index is 1.37. The van der Waals surface area contributed by atoms with Crippen molar-refractivity contribution in [2.75, 3.05) is 13.1 Å². The summed E-state index contributed by atoms with van der Waals surface area (Å²) in [6.45, 7) is 6.13. The van der Waals surface area contributed by atoms with E-state index < -0.39 is 0 Å². The first-order chi connectivity index (χ1) is 9.76. The fourth-order valence-electron chi connectivity index (χ4n) is 3.43. The van der Waals surface area contributed by atoms with Crippen LogP contribution < -0.4 is 5.32 Å². The second-order valence-electron chi connectivity index (χ2n) is 6.60. The molecule has 1 aliphatic carbocycles. The molecule has 4 heteroatoms. The molecule has 2 unspecified atom stereocenters. The maximum atomic E-state index is 5.90. The lowest BCUT2D eigenvalue weighted by Crippen LogP contribution is -2.42. The summed E-state index contributed by atoms with van der Waals surface area (Å²) in [5, 5.41) is 3.51. The van der Waals surface area contributed by atoms with Gasteiger partial charge in [0, 0.05) is 31.2 Å². The molecule has 3 aliphatic rings. The molecule has 3 heterocycles. The molecule has 0 amide bonds. The summed E-state index contributed by atoms with van der Waals surface area (Å²) in [4.78, 5) is 2.53. The van der Waals surface area contributed by atoms with Crippen LogP contribution in [0, 0.1) is 6.92 Å². The van der Waals surface area contributed by atoms with E-state index in [0.717, 1.165) is 43.7 Å². The van der Waals surface area contributed by atoms with Gasteiger partial charge in [0.2, 0.25) is 0 Å². The Hall–Kier alpha value is -0.840. The summed E-state index contributed by atoms with van der Waals surface area (Å²) < 4.78 is 11.8. The lowest BCUT2D eigenvalue weighted by atomic mass is 10.2. The van der Waals surface area contributed by atoms with Gasteiger partial charge in [-0.25, -0.2) is 0 Å². The number of nitrogens with zero attached hydrogens (tertiary/aromatic N) is 1. The number of aryl methyl sites for hydroxylation is 1. The minimum Gasteiger partial charge on any atom is -0.465 e. The van der Waals surface area contributed by atoms with Crippen LogP contribution in [0.2, 0.25) is 0 Å². The van der Waals surface area contributed by atoms with Crippen molar-refractivity contribution < 1.29 is 9.15 Å². The molecule has 1 aromatic heterocycles. The zero-order chi connectivity index (χ0) is 13.5. The Morgan fingerprint density at radius 1 is 1.20 bits per heavy atom. The van der Waals surface area contributed by atoms with Gasteiger partial charge < -0.3 is 14.5 Å². The van der Waals surface area contributed by atoms with Crippen LogP contribution >= 0.6 is 0 Å². The molecule has 1 aromatic rings. The third-order valence-electron chi connectivity index (χ3n) is 4.73. The van der Waals surface area contributed by atoms with Gasteiger partial charge in [-0.2, -0.15) is 0 Å². The summed E-state index contributed by atoms with van der Waals surface area (Å²) in [6.07, 6.45) is 6.06. The van der Waals surface area contributed by atoms with Crippen molar-refractivity contribution in [2.24, 2.45) is 0 Å². The van der Waals surface area contributed by atoms with Gasteiger partial charge in [-0.1, -0.05) is 0 Å². The van der Waals surface area contributed by atoms with E-state index in [1.54, 1.807) is 0 Å². The Labute approximate surface area is 120 Å². The molecule has 110 valence electrons. The minimum atomic E-state index is 0.469. The fraction of sp³-hybridized carbons (Fsp3) is 0.750. The maximum absolute atomic E-state index is 5.90. The SMILES string of the molecule is Cc1oc(CNC2CC2)cc1CN1CC2CCC(C1)O2. The number of hydrogen-bond donors (Lipinski definition) is 1. The first kappa shape index (κ1) is 12.9. The van der Waals surface area contributed by atoms with E-state index in [4.69, 9.17) is 9.15 Å². The second-order valence-corrected chi connectivity index (χ2v) is 6.60. The van der Waals surface area contributed by atoms with E-state index in [2.05, 4.69) is 23.2 Å². The van der Waals surface area contributed by atoms with Crippen molar-refractivity contribution >= 4 is 0 Å². The molecular weight excluding hydrogens is 252 g/mol. The van der Waals surface area contributed by atoms with Crippen molar-refractivity contribution in [3.8, 4) is 0 Å². The zero-order valence-electron chi connectivity index (χ0n) is 12.2. The van der Waals surface area contributed by atoms with Crippen LogP contribution in [0.15, 0.2) is 10.5 Å².